The van der Waals surface area contributed by atoms with E-state index in [0.717, 1.165) is 11.3 Å². The molecule has 2 aromatic rings. The Labute approximate surface area is 135 Å². The number of ether oxygens (including phenoxy) is 1. The summed E-state index contributed by atoms with van der Waals surface area (Å²) in [6, 6.07) is 7.40. The third-order valence-corrected chi connectivity index (χ3v) is 5.35. The van der Waals surface area contributed by atoms with Crippen LogP contribution in [0.1, 0.15) is 24.7 Å². The lowest BCUT2D eigenvalue weighted by atomic mass is 9.98. The Morgan fingerprint density at radius 3 is 2.39 bits per heavy atom. The second kappa shape index (κ2) is 6.29. The fourth-order valence-corrected chi connectivity index (χ4v) is 3.56. The van der Waals surface area contributed by atoms with E-state index in [-0.39, 0.29) is 5.92 Å². The minimum Gasteiger partial charge on any atom is -0.497 e. The molecule has 0 spiro atoms. The number of methoxy groups -OCH3 is 1. The highest BCUT2D eigenvalue weighted by Gasteiger charge is 2.28. The van der Waals surface area contributed by atoms with Gasteiger partial charge < -0.3 is 9.15 Å². The van der Waals surface area contributed by atoms with Crippen molar-refractivity contribution in [3.05, 3.63) is 30.2 Å². The number of benzene rings is 1. The third kappa shape index (κ3) is 3.53. The van der Waals surface area contributed by atoms with Crippen molar-refractivity contribution in [3.63, 3.8) is 0 Å². The van der Waals surface area contributed by atoms with Crippen LogP contribution in [0.2, 0.25) is 0 Å². The molecule has 1 aliphatic heterocycles. The molecule has 0 saturated carbocycles. The monoisotopic (exact) mass is 337 g/mol. The first-order chi connectivity index (χ1) is 11.0. The number of rotatable bonds is 4. The van der Waals surface area contributed by atoms with Gasteiger partial charge in [-0.2, -0.15) is 0 Å². The number of sulfonamides is 1. The van der Waals surface area contributed by atoms with Gasteiger partial charge in [-0.25, -0.2) is 12.7 Å². The molecular weight excluding hydrogens is 318 g/mol. The number of hydrogen-bond donors (Lipinski definition) is 0. The van der Waals surface area contributed by atoms with Gasteiger partial charge in [0.2, 0.25) is 21.8 Å². The van der Waals surface area contributed by atoms with Crippen LogP contribution in [-0.2, 0) is 10.0 Å². The van der Waals surface area contributed by atoms with Gasteiger partial charge in [-0.1, -0.05) is 0 Å². The largest absolute Gasteiger partial charge is 0.497 e. The molecule has 0 unspecified atom stereocenters. The predicted octanol–water partition coefficient (Wildman–Crippen LogP) is 1.88. The van der Waals surface area contributed by atoms with Gasteiger partial charge in [-0.3, -0.25) is 0 Å². The van der Waals surface area contributed by atoms with Crippen molar-refractivity contribution in [1.29, 1.82) is 0 Å². The molecule has 1 saturated heterocycles. The Bertz CT molecular complexity index is 762. The van der Waals surface area contributed by atoms with Crippen LogP contribution in [0.5, 0.6) is 5.75 Å². The average molecular weight is 337 g/mol. The summed E-state index contributed by atoms with van der Waals surface area (Å²) < 4.78 is 35.5. The zero-order valence-electron chi connectivity index (χ0n) is 13.1. The highest BCUT2D eigenvalue weighted by atomic mass is 32.2. The minimum absolute atomic E-state index is 0.104. The molecule has 3 rings (SSSR count). The van der Waals surface area contributed by atoms with Crippen molar-refractivity contribution < 1.29 is 17.6 Å². The lowest BCUT2D eigenvalue weighted by molar-refractivity contribution is 0.293. The first kappa shape index (κ1) is 15.9. The third-order valence-electron chi connectivity index (χ3n) is 4.05. The summed E-state index contributed by atoms with van der Waals surface area (Å²) in [6.45, 7) is 0.980. The summed E-state index contributed by atoms with van der Waals surface area (Å²) in [5, 5.41) is 8.23. The molecule has 7 nitrogen and oxygen atoms in total. The maximum absolute atomic E-state index is 11.5. The van der Waals surface area contributed by atoms with Gasteiger partial charge in [-0.15, -0.1) is 10.2 Å². The molecule has 23 heavy (non-hydrogen) atoms. The van der Waals surface area contributed by atoms with Gasteiger partial charge in [0, 0.05) is 24.6 Å². The molecule has 1 aromatic carbocycles. The summed E-state index contributed by atoms with van der Waals surface area (Å²) in [4.78, 5) is 0. The van der Waals surface area contributed by atoms with Crippen molar-refractivity contribution in [3.8, 4) is 17.2 Å². The Kier molecular flexibility index (Phi) is 4.36. The highest BCUT2D eigenvalue weighted by molar-refractivity contribution is 7.88. The van der Waals surface area contributed by atoms with E-state index in [1.807, 2.05) is 24.3 Å². The fourth-order valence-electron chi connectivity index (χ4n) is 2.68. The molecule has 0 N–H and O–H groups in total. The van der Waals surface area contributed by atoms with Gasteiger partial charge in [0.1, 0.15) is 5.75 Å². The topological polar surface area (TPSA) is 85.5 Å². The number of piperidine rings is 1. The van der Waals surface area contributed by atoms with Crippen LogP contribution in [-0.4, -0.2) is 49.4 Å². The quantitative estimate of drug-likeness (QED) is 0.847. The number of nitrogens with zero attached hydrogens (tertiary/aromatic N) is 3. The lowest BCUT2D eigenvalue weighted by Gasteiger charge is -2.28. The Morgan fingerprint density at radius 2 is 1.83 bits per heavy atom. The number of aromatic nitrogens is 2. The minimum atomic E-state index is -3.12. The molecular formula is C15H19N3O4S. The second-order valence-electron chi connectivity index (χ2n) is 5.61. The summed E-state index contributed by atoms with van der Waals surface area (Å²) in [6.07, 6.45) is 2.62. The maximum atomic E-state index is 11.5. The van der Waals surface area contributed by atoms with E-state index in [1.165, 1.54) is 10.6 Å². The van der Waals surface area contributed by atoms with Crippen molar-refractivity contribution in [1.82, 2.24) is 14.5 Å². The van der Waals surface area contributed by atoms with Crippen LogP contribution >= 0.6 is 0 Å². The van der Waals surface area contributed by atoms with Gasteiger partial charge in [-0.05, 0) is 37.1 Å². The summed E-state index contributed by atoms with van der Waals surface area (Å²) in [5.41, 5.74) is 0.832. The van der Waals surface area contributed by atoms with Crippen LogP contribution in [0.4, 0.5) is 0 Å². The first-order valence-electron chi connectivity index (χ1n) is 7.40. The Morgan fingerprint density at radius 1 is 1.17 bits per heavy atom. The van der Waals surface area contributed by atoms with E-state index in [9.17, 15) is 8.42 Å². The van der Waals surface area contributed by atoms with Gasteiger partial charge in [0.15, 0.2) is 0 Å². The molecule has 0 bridgehead atoms. The molecule has 0 aliphatic carbocycles. The van der Waals surface area contributed by atoms with Gasteiger partial charge >= 0.3 is 0 Å². The van der Waals surface area contributed by atoms with Crippen molar-refractivity contribution in [2.45, 2.75) is 18.8 Å². The molecule has 1 aliphatic rings. The fraction of sp³-hybridized carbons (Fsp3) is 0.467. The van der Waals surface area contributed by atoms with Crippen molar-refractivity contribution in [2.75, 3.05) is 26.5 Å². The zero-order valence-corrected chi connectivity index (χ0v) is 13.9. The normalized spacial score (nSPS) is 17.3. The SMILES string of the molecule is COc1ccc(-c2nnc(C3CCN(S(C)(=O)=O)CC3)o2)cc1. The molecule has 1 fully saturated rings. The molecule has 2 heterocycles. The van der Waals surface area contributed by atoms with Gasteiger partial charge in [0.25, 0.3) is 0 Å². The van der Waals surface area contributed by atoms with Crippen LogP contribution in [0.3, 0.4) is 0 Å². The highest BCUT2D eigenvalue weighted by Crippen LogP contribution is 2.30. The van der Waals surface area contributed by atoms with E-state index < -0.39 is 10.0 Å². The molecule has 8 heteroatoms. The molecule has 124 valence electrons. The smallest absolute Gasteiger partial charge is 0.247 e. The van der Waals surface area contributed by atoms with E-state index in [4.69, 9.17) is 9.15 Å². The van der Waals surface area contributed by atoms with Crippen molar-refractivity contribution in [2.24, 2.45) is 0 Å². The molecule has 0 amide bonds. The summed E-state index contributed by atoms with van der Waals surface area (Å²) >= 11 is 0. The summed E-state index contributed by atoms with van der Waals surface area (Å²) in [7, 11) is -1.51. The van der Waals surface area contributed by atoms with Crippen LogP contribution in [0.15, 0.2) is 28.7 Å². The average Bonchev–Trinajstić information content (AvgIpc) is 3.04. The van der Waals surface area contributed by atoms with E-state index >= 15 is 0 Å². The standard InChI is InChI=1S/C15H19N3O4S/c1-21-13-5-3-11(4-6-13)14-16-17-15(22-14)12-7-9-18(10-8-12)23(2,19)20/h3-6,12H,7-10H2,1-2H3. The molecule has 0 radical (unpaired) electrons. The summed E-state index contributed by atoms with van der Waals surface area (Å²) in [5.74, 6) is 1.91. The van der Waals surface area contributed by atoms with E-state index in [2.05, 4.69) is 10.2 Å². The second-order valence-corrected chi connectivity index (χ2v) is 7.59. The van der Waals surface area contributed by atoms with Crippen molar-refractivity contribution >= 4 is 10.0 Å². The first-order valence-corrected chi connectivity index (χ1v) is 9.25. The predicted molar refractivity (Wildman–Crippen MR) is 84.7 cm³/mol. The molecule has 0 atom stereocenters. The van der Waals surface area contributed by atoms with E-state index in [1.54, 1.807) is 7.11 Å². The van der Waals surface area contributed by atoms with Crippen LogP contribution in [0.25, 0.3) is 11.5 Å². The maximum Gasteiger partial charge on any atom is 0.247 e. The molecule has 1 aromatic heterocycles. The van der Waals surface area contributed by atoms with Crippen LogP contribution < -0.4 is 4.74 Å². The van der Waals surface area contributed by atoms with Crippen LogP contribution in [0, 0.1) is 0 Å². The Hall–Kier alpha value is -1.93. The van der Waals surface area contributed by atoms with E-state index in [0.29, 0.717) is 37.7 Å². The zero-order chi connectivity index (χ0) is 16.4. The van der Waals surface area contributed by atoms with Gasteiger partial charge in [0.05, 0.1) is 13.4 Å². The lowest BCUT2D eigenvalue weighted by Crippen LogP contribution is -2.37. The number of hydrogen-bond acceptors (Lipinski definition) is 6. The Balaban J connectivity index is 1.70.